The van der Waals surface area contributed by atoms with Crippen LogP contribution in [0.25, 0.3) is 10.8 Å². The van der Waals surface area contributed by atoms with E-state index >= 15 is 0 Å². The molecular weight excluding hydrogens is 412 g/mol. The number of carbonyl (C=O) groups is 1. The molecule has 0 aliphatic carbocycles. The molecule has 0 N–H and O–H groups in total. The fourth-order valence-electron chi connectivity index (χ4n) is 2.69. The molecular formula is C21H20O2Te. The number of rotatable bonds is 6. The Morgan fingerprint density at radius 2 is 1.67 bits per heavy atom. The number of hydrogen-bond donors (Lipinski definition) is 0. The zero-order valence-corrected chi connectivity index (χ0v) is 16.0. The molecule has 0 aromatic heterocycles. The van der Waals surface area contributed by atoms with E-state index in [9.17, 15) is 4.79 Å². The van der Waals surface area contributed by atoms with Gasteiger partial charge in [-0.2, -0.15) is 0 Å². The normalized spacial score (nSPS) is 12.0. The van der Waals surface area contributed by atoms with Crippen molar-refractivity contribution in [1.82, 2.24) is 0 Å². The molecule has 0 saturated heterocycles. The second-order valence-corrected chi connectivity index (χ2v) is 8.86. The van der Waals surface area contributed by atoms with Crippen LogP contribution in [-0.2, 0) is 16.0 Å². The first kappa shape index (κ1) is 17.0. The van der Waals surface area contributed by atoms with Gasteiger partial charge < -0.3 is 0 Å². The second kappa shape index (κ2) is 8.33. The molecule has 0 radical (unpaired) electrons. The van der Waals surface area contributed by atoms with Gasteiger partial charge in [-0.05, 0) is 0 Å². The Labute approximate surface area is 152 Å². The molecule has 0 heterocycles. The number of hydrogen-bond acceptors (Lipinski definition) is 2. The van der Waals surface area contributed by atoms with E-state index in [-0.39, 0.29) is 12.1 Å². The fraction of sp³-hybridized carbons (Fsp3) is 0.190. The number of ether oxygens (including phenoxy) is 1. The van der Waals surface area contributed by atoms with E-state index < -0.39 is 20.9 Å². The summed E-state index contributed by atoms with van der Waals surface area (Å²) in [5.41, 5.74) is 1.22. The Bertz CT molecular complexity index is 814. The van der Waals surface area contributed by atoms with Gasteiger partial charge in [0.15, 0.2) is 0 Å². The minimum absolute atomic E-state index is 0.0289. The third-order valence-electron chi connectivity index (χ3n) is 3.80. The van der Waals surface area contributed by atoms with Crippen molar-refractivity contribution in [3.05, 3.63) is 78.4 Å². The van der Waals surface area contributed by atoms with E-state index in [0.717, 1.165) is 10.9 Å². The van der Waals surface area contributed by atoms with Crippen LogP contribution in [0.3, 0.4) is 0 Å². The van der Waals surface area contributed by atoms with Crippen LogP contribution in [0.2, 0.25) is 4.47 Å². The van der Waals surface area contributed by atoms with Crippen molar-refractivity contribution in [1.29, 1.82) is 0 Å². The molecule has 122 valence electrons. The van der Waals surface area contributed by atoms with Gasteiger partial charge in [-0.15, -0.1) is 0 Å². The zero-order chi connectivity index (χ0) is 16.8. The van der Waals surface area contributed by atoms with Gasteiger partial charge in [0.25, 0.3) is 0 Å². The van der Waals surface area contributed by atoms with Gasteiger partial charge in [-0.3, -0.25) is 0 Å². The molecule has 0 spiro atoms. The summed E-state index contributed by atoms with van der Waals surface area (Å²) in [6.07, 6.45) is 0.762. The molecule has 1 unspecified atom stereocenters. The summed E-state index contributed by atoms with van der Waals surface area (Å²) < 4.78 is 7.92. The van der Waals surface area contributed by atoms with E-state index in [2.05, 4.69) is 54.6 Å². The average Bonchev–Trinajstić information content (AvgIpc) is 2.60. The van der Waals surface area contributed by atoms with Gasteiger partial charge in [-0.1, -0.05) is 0 Å². The van der Waals surface area contributed by atoms with Crippen LogP contribution >= 0.6 is 0 Å². The summed E-state index contributed by atoms with van der Waals surface area (Å²) in [7, 11) is 0. The minimum atomic E-state index is -0.395. The van der Waals surface area contributed by atoms with Crippen molar-refractivity contribution < 1.29 is 9.53 Å². The summed E-state index contributed by atoms with van der Waals surface area (Å²) in [5, 5.41) is 2.56. The first-order valence-electron chi connectivity index (χ1n) is 8.03. The van der Waals surface area contributed by atoms with E-state index in [1.165, 1.54) is 26.9 Å². The number of esters is 1. The van der Waals surface area contributed by atoms with Crippen LogP contribution in [-0.4, -0.2) is 33.0 Å². The van der Waals surface area contributed by atoms with Gasteiger partial charge in [0.2, 0.25) is 0 Å². The Morgan fingerprint density at radius 1 is 0.958 bits per heavy atom. The van der Waals surface area contributed by atoms with E-state index in [1.807, 2.05) is 18.2 Å². The van der Waals surface area contributed by atoms with E-state index in [4.69, 9.17) is 4.74 Å². The standard InChI is InChI=1S/C21H20O2Te/c1-16(22)23-20(13-17-7-3-2-4-8-17)15-24-21-12-11-18-9-5-6-10-19(18)14-21/h2-12,14,20H,13,15H2,1H3. The quantitative estimate of drug-likeness (QED) is 0.438. The number of benzene rings is 3. The average molecular weight is 432 g/mol. The molecule has 3 aromatic carbocycles. The molecule has 0 saturated carbocycles. The van der Waals surface area contributed by atoms with Crippen LogP contribution in [0, 0.1) is 0 Å². The van der Waals surface area contributed by atoms with Crippen molar-refractivity contribution in [2.75, 3.05) is 0 Å². The molecule has 3 aromatic rings. The summed E-state index contributed by atoms with van der Waals surface area (Å²) >= 11 is -0.395. The van der Waals surface area contributed by atoms with Gasteiger partial charge >= 0.3 is 153 Å². The number of fused-ring (bicyclic) bond motifs is 1. The monoisotopic (exact) mass is 434 g/mol. The van der Waals surface area contributed by atoms with Crippen LogP contribution in [0.4, 0.5) is 0 Å². The molecule has 0 fully saturated rings. The van der Waals surface area contributed by atoms with Crippen molar-refractivity contribution in [2.24, 2.45) is 0 Å². The van der Waals surface area contributed by atoms with Crippen molar-refractivity contribution >= 4 is 41.3 Å². The molecule has 0 aliphatic heterocycles. The summed E-state index contributed by atoms with van der Waals surface area (Å²) in [4.78, 5) is 11.4. The Kier molecular flexibility index (Phi) is 5.91. The molecule has 3 heteroatoms. The van der Waals surface area contributed by atoms with Crippen molar-refractivity contribution in [3.63, 3.8) is 0 Å². The van der Waals surface area contributed by atoms with Crippen LogP contribution in [0.1, 0.15) is 12.5 Å². The van der Waals surface area contributed by atoms with Crippen molar-refractivity contribution in [3.8, 4) is 0 Å². The topological polar surface area (TPSA) is 26.3 Å². The van der Waals surface area contributed by atoms with E-state index in [1.54, 1.807) is 0 Å². The molecule has 0 amide bonds. The molecule has 0 aliphatic rings. The third-order valence-corrected chi connectivity index (χ3v) is 7.01. The zero-order valence-electron chi connectivity index (χ0n) is 13.6. The second-order valence-electron chi connectivity index (χ2n) is 5.74. The third kappa shape index (κ3) is 4.84. The van der Waals surface area contributed by atoms with Gasteiger partial charge in [0, 0.05) is 0 Å². The maximum absolute atomic E-state index is 11.4. The van der Waals surface area contributed by atoms with Gasteiger partial charge in [0.1, 0.15) is 0 Å². The number of carbonyl (C=O) groups excluding carboxylic acids is 1. The molecule has 2 nitrogen and oxygen atoms in total. The first-order valence-corrected chi connectivity index (χ1v) is 10.8. The predicted molar refractivity (Wildman–Crippen MR) is 99.8 cm³/mol. The fourth-order valence-corrected chi connectivity index (χ4v) is 5.37. The SMILES string of the molecule is CC(=O)OC(C[Te]c1ccc2ccccc2c1)Cc1ccccc1. The predicted octanol–water partition coefficient (Wildman–Crippen LogP) is 3.76. The Hall–Kier alpha value is -1.82. The molecule has 3 rings (SSSR count). The summed E-state index contributed by atoms with van der Waals surface area (Å²) in [5.74, 6) is -0.193. The van der Waals surface area contributed by atoms with Crippen LogP contribution < -0.4 is 3.61 Å². The summed E-state index contributed by atoms with van der Waals surface area (Å²) in [6.45, 7) is 1.49. The van der Waals surface area contributed by atoms with Crippen LogP contribution in [0.15, 0.2) is 72.8 Å². The Morgan fingerprint density at radius 3 is 2.42 bits per heavy atom. The first-order chi connectivity index (χ1) is 11.7. The Balaban J connectivity index is 1.68. The molecule has 1 atom stereocenters. The van der Waals surface area contributed by atoms with E-state index in [0.29, 0.717) is 0 Å². The maximum atomic E-state index is 11.4. The van der Waals surface area contributed by atoms with Crippen LogP contribution in [0.5, 0.6) is 0 Å². The van der Waals surface area contributed by atoms with Gasteiger partial charge in [0.05, 0.1) is 0 Å². The van der Waals surface area contributed by atoms with Crippen molar-refractivity contribution in [2.45, 2.75) is 23.9 Å². The molecule has 0 bridgehead atoms. The summed E-state index contributed by atoms with van der Waals surface area (Å²) in [6, 6.07) is 25.4. The van der Waals surface area contributed by atoms with Gasteiger partial charge in [-0.25, -0.2) is 0 Å². The molecule has 24 heavy (non-hydrogen) atoms.